The minimum absolute atomic E-state index is 0.584. The quantitative estimate of drug-likeness (QED) is 0.729. The molecule has 1 aliphatic heterocycles. The molecule has 0 radical (unpaired) electrons. The molecule has 1 saturated heterocycles. The summed E-state index contributed by atoms with van der Waals surface area (Å²) in [5.41, 5.74) is 4.16. The Hall–Kier alpha value is -2.24. The lowest BCUT2D eigenvalue weighted by molar-refractivity contribution is 0.122. The van der Waals surface area contributed by atoms with Crippen LogP contribution in [0.1, 0.15) is 0 Å². The fraction of sp³-hybridized carbons (Fsp3) is 0.278. The minimum atomic E-state index is 0.584. The minimum Gasteiger partial charge on any atom is -0.495 e. The molecule has 0 atom stereocenters. The number of benzene rings is 2. The number of ether oxygens (including phenoxy) is 2. The summed E-state index contributed by atoms with van der Waals surface area (Å²) in [6.45, 7) is 3.36. The molecule has 124 valence electrons. The molecule has 5 nitrogen and oxygen atoms in total. The van der Waals surface area contributed by atoms with Crippen LogP contribution in [0.2, 0.25) is 5.02 Å². The molecular formula is C18H18ClN3O2. The van der Waals surface area contributed by atoms with Crippen molar-refractivity contribution < 1.29 is 9.47 Å². The molecule has 0 aliphatic carbocycles. The van der Waals surface area contributed by atoms with Crippen LogP contribution in [0.5, 0.6) is 5.75 Å². The highest BCUT2D eigenvalue weighted by Crippen LogP contribution is 2.29. The molecule has 0 amide bonds. The van der Waals surface area contributed by atoms with E-state index in [-0.39, 0.29) is 0 Å². The van der Waals surface area contributed by atoms with Crippen LogP contribution in [-0.2, 0) is 4.74 Å². The largest absolute Gasteiger partial charge is 0.495 e. The maximum absolute atomic E-state index is 6.27. The van der Waals surface area contributed by atoms with Crippen molar-refractivity contribution in [1.29, 1.82) is 0 Å². The summed E-state index contributed by atoms with van der Waals surface area (Å²) in [5, 5.41) is 0.584. The van der Waals surface area contributed by atoms with Crippen molar-refractivity contribution in [2.75, 3.05) is 38.3 Å². The van der Waals surface area contributed by atoms with Crippen LogP contribution in [0, 0.1) is 0 Å². The molecule has 1 aromatic heterocycles. The number of rotatable bonds is 3. The molecule has 1 aliphatic rings. The third kappa shape index (κ3) is 2.70. The second-order valence-electron chi connectivity index (χ2n) is 5.71. The van der Waals surface area contributed by atoms with Gasteiger partial charge in [0.2, 0.25) is 0 Å². The van der Waals surface area contributed by atoms with Gasteiger partial charge in [-0.25, -0.2) is 4.98 Å². The van der Waals surface area contributed by atoms with Crippen molar-refractivity contribution in [2.45, 2.75) is 0 Å². The highest BCUT2D eigenvalue weighted by atomic mass is 35.5. The average Bonchev–Trinajstić information content (AvgIpc) is 3.05. The first-order chi connectivity index (χ1) is 11.8. The van der Waals surface area contributed by atoms with E-state index in [9.17, 15) is 0 Å². The van der Waals surface area contributed by atoms with Crippen molar-refractivity contribution in [3.8, 4) is 11.4 Å². The van der Waals surface area contributed by atoms with Crippen LogP contribution in [0.3, 0.4) is 0 Å². The highest BCUT2D eigenvalue weighted by molar-refractivity contribution is 6.32. The van der Waals surface area contributed by atoms with Crippen LogP contribution >= 0.6 is 11.6 Å². The molecule has 0 unspecified atom stereocenters. The lowest BCUT2D eigenvalue weighted by Crippen LogP contribution is -2.36. The Kier molecular flexibility index (Phi) is 4.04. The molecule has 1 fully saturated rings. The SMILES string of the molecule is COc1ccc(-n2cnc3ccc(N4CCOCC4)cc32)cc1Cl. The second kappa shape index (κ2) is 6.34. The third-order valence-electron chi connectivity index (χ3n) is 4.32. The summed E-state index contributed by atoms with van der Waals surface area (Å²) in [4.78, 5) is 6.83. The lowest BCUT2D eigenvalue weighted by Gasteiger charge is -2.28. The summed E-state index contributed by atoms with van der Waals surface area (Å²) in [6, 6.07) is 12.1. The van der Waals surface area contributed by atoms with Gasteiger partial charge in [0.1, 0.15) is 12.1 Å². The van der Waals surface area contributed by atoms with Crippen LogP contribution in [-0.4, -0.2) is 43.0 Å². The van der Waals surface area contributed by atoms with Gasteiger partial charge in [-0.3, -0.25) is 4.57 Å². The van der Waals surface area contributed by atoms with Gasteiger partial charge in [-0.05, 0) is 36.4 Å². The van der Waals surface area contributed by atoms with Crippen LogP contribution in [0.15, 0.2) is 42.7 Å². The van der Waals surface area contributed by atoms with E-state index in [4.69, 9.17) is 21.1 Å². The zero-order valence-electron chi connectivity index (χ0n) is 13.4. The fourth-order valence-corrected chi connectivity index (χ4v) is 3.28. The number of hydrogen-bond donors (Lipinski definition) is 0. The molecule has 0 N–H and O–H groups in total. The van der Waals surface area contributed by atoms with Crippen molar-refractivity contribution in [3.05, 3.63) is 47.7 Å². The Balaban J connectivity index is 1.76. The van der Waals surface area contributed by atoms with Crippen LogP contribution < -0.4 is 9.64 Å². The van der Waals surface area contributed by atoms with Crippen LogP contribution in [0.4, 0.5) is 5.69 Å². The Morgan fingerprint density at radius 3 is 2.62 bits per heavy atom. The summed E-state index contributed by atoms with van der Waals surface area (Å²) < 4.78 is 12.7. The first-order valence-electron chi connectivity index (χ1n) is 7.90. The second-order valence-corrected chi connectivity index (χ2v) is 6.11. The highest BCUT2D eigenvalue weighted by Gasteiger charge is 2.14. The molecule has 2 aromatic carbocycles. The topological polar surface area (TPSA) is 39.5 Å². The number of aromatic nitrogens is 2. The summed E-state index contributed by atoms with van der Waals surface area (Å²) in [6.07, 6.45) is 1.83. The molecule has 0 bridgehead atoms. The van der Waals surface area contributed by atoms with Crippen molar-refractivity contribution in [2.24, 2.45) is 0 Å². The fourth-order valence-electron chi connectivity index (χ4n) is 3.03. The van der Waals surface area contributed by atoms with E-state index in [2.05, 4.69) is 28.1 Å². The number of halogens is 1. The molecule has 0 saturated carbocycles. The van der Waals surface area contributed by atoms with Crippen molar-refractivity contribution in [3.63, 3.8) is 0 Å². The molecule has 3 aromatic rings. The molecular weight excluding hydrogens is 326 g/mol. The van der Waals surface area contributed by atoms with Gasteiger partial charge >= 0.3 is 0 Å². The van der Waals surface area contributed by atoms with E-state index >= 15 is 0 Å². The van der Waals surface area contributed by atoms with Gasteiger partial charge < -0.3 is 14.4 Å². The molecule has 24 heavy (non-hydrogen) atoms. The lowest BCUT2D eigenvalue weighted by atomic mass is 10.2. The van der Waals surface area contributed by atoms with Gasteiger partial charge in [0.05, 0.1) is 36.4 Å². The van der Waals surface area contributed by atoms with Crippen molar-refractivity contribution >= 4 is 28.3 Å². The maximum atomic E-state index is 6.27. The molecule has 0 spiro atoms. The Bertz CT molecular complexity index is 872. The standard InChI is InChI=1S/C18H18ClN3O2/c1-23-18-5-3-14(10-15(18)19)22-12-20-16-4-2-13(11-17(16)22)21-6-8-24-9-7-21/h2-5,10-12H,6-9H2,1H3. The number of morpholine rings is 1. The Morgan fingerprint density at radius 1 is 1.08 bits per heavy atom. The smallest absolute Gasteiger partial charge is 0.137 e. The normalized spacial score (nSPS) is 15.0. The molecule has 6 heteroatoms. The van der Waals surface area contributed by atoms with Crippen molar-refractivity contribution in [1.82, 2.24) is 9.55 Å². The number of nitrogens with zero attached hydrogens (tertiary/aromatic N) is 3. The first-order valence-corrected chi connectivity index (χ1v) is 8.28. The number of methoxy groups -OCH3 is 1. The van der Waals surface area contributed by atoms with Gasteiger partial charge in [0.15, 0.2) is 0 Å². The van der Waals surface area contributed by atoms with Gasteiger partial charge in [-0.15, -0.1) is 0 Å². The zero-order valence-corrected chi connectivity index (χ0v) is 14.2. The Labute approximate surface area is 145 Å². The number of imidazole rings is 1. The summed E-state index contributed by atoms with van der Waals surface area (Å²) >= 11 is 6.27. The molecule has 4 rings (SSSR count). The summed E-state index contributed by atoms with van der Waals surface area (Å²) in [7, 11) is 1.61. The zero-order chi connectivity index (χ0) is 16.5. The van der Waals surface area contributed by atoms with Gasteiger partial charge in [0.25, 0.3) is 0 Å². The maximum Gasteiger partial charge on any atom is 0.137 e. The number of hydrogen-bond acceptors (Lipinski definition) is 4. The van der Waals surface area contributed by atoms with Gasteiger partial charge in [-0.1, -0.05) is 11.6 Å². The third-order valence-corrected chi connectivity index (χ3v) is 4.62. The monoisotopic (exact) mass is 343 g/mol. The van der Waals surface area contributed by atoms with E-state index in [1.165, 1.54) is 5.69 Å². The van der Waals surface area contributed by atoms with E-state index in [1.807, 2.05) is 29.1 Å². The summed E-state index contributed by atoms with van der Waals surface area (Å²) in [5.74, 6) is 0.666. The van der Waals surface area contributed by atoms with Gasteiger partial charge in [-0.2, -0.15) is 0 Å². The predicted molar refractivity (Wildman–Crippen MR) is 95.7 cm³/mol. The number of anilines is 1. The van der Waals surface area contributed by atoms with Crippen LogP contribution in [0.25, 0.3) is 16.7 Å². The first kappa shape index (κ1) is 15.3. The van der Waals surface area contributed by atoms with E-state index in [0.717, 1.165) is 43.0 Å². The average molecular weight is 344 g/mol. The van der Waals surface area contributed by atoms with E-state index in [1.54, 1.807) is 7.11 Å². The predicted octanol–water partition coefficient (Wildman–Crippen LogP) is 3.52. The number of fused-ring (bicyclic) bond motifs is 1. The van der Waals surface area contributed by atoms with E-state index < -0.39 is 0 Å². The van der Waals surface area contributed by atoms with Gasteiger partial charge in [0, 0.05) is 24.5 Å². The Morgan fingerprint density at radius 2 is 1.88 bits per heavy atom. The van der Waals surface area contributed by atoms with E-state index in [0.29, 0.717) is 10.8 Å². The molecule has 2 heterocycles.